The van der Waals surface area contributed by atoms with E-state index in [1.54, 1.807) is 13.8 Å². The summed E-state index contributed by atoms with van der Waals surface area (Å²) in [4.78, 5) is 0. The van der Waals surface area contributed by atoms with Crippen LogP contribution in [0.4, 0.5) is 0 Å². The van der Waals surface area contributed by atoms with Crippen molar-refractivity contribution in [1.29, 1.82) is 0 Å². The molecule has 1 heterocycles. The van der Waals surface area contributed by atoms with Crippen molar-refractivity contribution in [3.05, 3.63) is 0 Å². The first-order chi connectivity index (χ1) is 5.47. The molecule has 4 nitrogen and oxygen atoms in total. The van der Waals surface area contributed by atoms with Crippen molar-refractivity contribution in [2.24, 2.45) is 0 Å². The van der Waals surface area contributed by atoms with E-state index in [1.165, 1.54) is 7.11 Å². The molecular formula is C8H16O4. The molecule has 4 atom stereocenters. The van der Waals surface area contributed by atoms with Crippen molar-refractivity contribution < 1.29 is 19.7 Å². The summed E-state index contributed by atoms with van der Waals surface area (Å²) in [6.07, 6.45) is -1.35. The van der Waals surface area contributed by atoms with Crippen molar-refractivity contribution in [3.8, 4) is 0 Å². The topological polar surface area (TPSA) is 58.9 Å². The van der Waals surface area contributed by atoms with E-state index in [1.807, 2.05) is 0 Å². The SMILES string of the molecule is COC1C[C@](C)(O)[C@H](O)[C@H](C)O1. The van der Waals surface area contributed by atoms with Gasteiger partial charge >= 0.3 is 0 Å². The predicted molar refractivity (Wildman–Crippen MR) is 42.6 cm³/mol. The zero-order valence-corrected chi connectivity index (χ0v) is 7.65. The lowest BCUT2D eigenvalue weighted by Gasteiger charge is -2.41. The van der Waals surface area contributed by atoms with Gasteiger partial charge in [-0.2, -0.15) is 0 Å². The first-order valence-corrected chi connectivity index (χ1v) is 4.06. The first-order valence-electron chi connectivity index (χ1n) is 4.06. The Labute approximate surface area is 72.1 Å². The van der Waals surface area contributed by atoms with Crippen molar-refractivity contribution in [2.75, 3.05) is 7.11 Å². The second-order valence-corrected chi connectivity index (χ2v) is 3.51. The van der Waals surface area contributed by atoms with Crippen molar-refractivity contribution >= 4 is 0 Å². The molecular weight excluding hydrogens is 160 g/mol. The highest BCUT2D eigenvalue weighted by atomic mass is 16.7. The van der Waals surface area contributed by atoms with Gasteiger partial charge in [-0.05, 0) is 13.8 Å². The molecule has 1 saturated heterocycles. The lowest BCUT2D eigenvalue weighted by atomic mass is 9.89. The number of aliphatic hydroxyl groups excluding tert-OH is 1. The summed E-state index contributed by atoms with van der Waals surface area (Å²) in [6.45, 7) is 3.30. The smallest absolute Gasteiger partial charge is 0.160 e. The summed E-state index contributed by atoms with van der Waals surface area (Å²) in [6, 6.07) is 0. The van der Waals surface area contributed by atoms with Crippen LogP contribution in [0.25, 0.3) is 0 Å². The molecule has 0 spiro atoms. The number of hydrogen-bond acceptors (Lipinski definition) is 4. The van der Waals surface area contributed by atoms with E-state index >= 15 is 0 Å². The summed E-state index contributed by atoms with van der Waals surface area (Å²) in [5, 5.41) is 19.2. The molecule has 0 aromatic carbocycles. The van der Waals surface area contributed by atoms with E-state index in [-0.39, 0.29) is 0 Å². The molecule has 72 valence electrons. The van der Waals surface area contributed by atoms with E-state index in [0.717, 1.165) is 0 Å². The molecule has 1 aliphatic heterocycles. The van der Waals surface area contributed by atoms with Crippen LogP contribution in [0, 0.1) is 0 Å². The molecule has 1 fully saturated rings. The molecule has 0 radical (unpaired) electrons. The minimum absolute atomic E-state index is 0.301. The number of aliphatic hydroxyl groups is 2. The van der Waals surface area contributed by atoms with Gasteiger partial charge in [-0.1, -0.05) is 0 Å². The van der Waals surface area contributed by atoms with Crippen LogP contribution in [0.15, 0.2) is 0 Å². The van der Waals surface area contributed by atoms with Crippen LogP contribution >= 0.6 is 0 Å². The van der Waals surface area contributed by atoms with Gasteiger partial charge in [0.15, 0.2) is 6.29 Å². The van der Waals surface area contributed by atoms with Crippen LogP contribution in [0.1, 0.15) is 20.3 Å². The molecule has 0 aromatic heterocycles. The van der Waals surface area contributed by atoms with Gasteiger partial charge in [0, 0.05) is 13.5 Å². The molecule has 4 heteroatoms. The van der Waals surface area contributed by atoms with Crippen LogP contribution in [0.3, 0.4) is 0 Å². The third kappa shape index (κ3) is 1.77. The summed E-state index contributed by atoms with van der Waals surface area (Å²) in [5.41, 5.74) is -1.11. The van der Waals surface area contributed by atoms with Gasteiger partial charge in [0.25, 0.3) is 0 Å². The van der Waals surface area contributed by atoms with Gasteiger partial charge in [-0.25, -0.2) is 0 Å². The molecule has 0 aromatic rings. The van der Waals surface area contributed by atoms with Gasteiger partial charge in [-0.3, -0.25) is 0 Å². The molecule has 1 aliphatic rings. The fourth-order valence-corrected chi connectivity index (χ4v) is 1.46. The van der Waals surface area contributed by atoms with Gasteiger partial charge < -0.3 is 19.7 Å². The second kappa shape index (κ2) is 3.30. The number of hydrogen-bond donors (Lipinski definition) is 2. The van der Waals surface area contributed by atoms with E-state index in [4.69, 9.17) is 9.47 Å². The van der Waals surface area contributed by atoms with Crippen LogP contribution in [-0.4, -0.2) is 41.4 Å². The molecule has 1 rings (SSSR count). The fraction of sp³-hybridized carbons (Fsp3) is 1.00. The van der Waals surface area contributed by atoms with E-state index in [2.05, 4.69) is 0 Å². The summed E-state index contributed by atoms with van der Waals surface area (Å²) in [7, 11) is 1.52. The van der Waals surface area contributed by atoms with Gasteiger partial charge in [0.05, 0.1) is 11.7 Å². The van der Waals surface area contributed by atoms with E-state index < -0.39 is 24.1 Å². The Kier molecular flexibility index (Phi) is 2.73. The molecule has 0 bridgehead atoms. The summed E-state index contributed by atoms with van der Waals surface area (Å²) < 4.78 is 10.2. The van der Waals surface area contributed by atoms with Gasteiger partial charge in [-0.15, -0.1) is 0 Å². The maximum atomic E-state index is 9.70. The lowest BCUT2D eigenvalue weighted by Crippen LogP contribution is -2.54. The van der Waals surface area contributed by atoms with Crippen LogP contribution < -0.4 is 0 Å². The fourth-order valence-electron chi connectivity index (χ4n) is 1.46. The Bertz CT molecular complexity index is 157. The molecule has 0 amide bonds. The molecule has 0 aliphatic carbocycles. The van der Waals surface area contributed by atoms with Crippen LogP contribution in [-0.2, 0) is 9.47 Å². The normalized spacial score (nSPS) is 49.2. The van der Waals surface area contributed by atoms with Crippen LogP contribution in [0.2, 0.25) is 0 Å². The van der Waals surface area contributed by atoms with Gasteiger partial charge in [0.2, 0.25) is 0 Å². The van der Waals surface area contributed by atoms with Crippen molar-refractivity contribution in [3.63, 3.8) is 0 Å². The molecule has 2 N–H and O–H groups in total. The van der Waals surface area contributed by atoms with Gasteiger partial charge in [0.1, 0.15) is 6.10 Å². The highest BCUT2D eigenvalue weighted by Crippen LogP contribution is 2.28. The number of methoxy groups -OCH3 is 1. The molecule has 0 saturated carbocycles. The van der Waals surface area contributed by atoms with E-state index in [0.29, 0.717) is 6.42 Å². The first kappa shape index (κ1) is 9.92. The Balaban J connectivity index is 2.65. The Morgan fingerprint density at radius 2 is 2.17 bits per heavy atom. The second-order valence-electron chi connectivity index (χ2n) is 3.51. The quantitative estimate of drug-likeness (QED) is 0.584. The predicted octanol–water partition coefficient (Wildman–Crippen LogP) is -0.120. The highest BCUT2D eigenvalue weighted by Gasteiger charge is 2.43. The summed E-state index contributed by atoms with van der Waals surface area (Å²) >= 11 is 0. The van der Waals surface area contributed by atoms with Crippen molar-refractivity contribution in [1.82, 2.24) is 0 Å². The maximum absolute atomic E-state index is 9.70. The average Bonchev–Trinajstić information content (AvgIpc) is 1.99. The minimum Gasteiger partial charge on any atom is -0.387 e. The number of rotatable bonds is 1. The Morgan fingerprint density at radius 1 is 1.58 bits per heavy atom. The zero-order chi connectivity index (χ0) is 9.35. The van der Waals surface area contributed by atoms with Crippen LogP contribution in [0.5, 0.6) is 0 Å². The Morgan fingerprint density at radius 3 is 2.58 bits per heavy atom. The van der Waals surface area contributed by atoms with Crippen molar-refractivity contribution in [2.45, 2.75) is 44.4 Å². The molecule has 1 unspecified atom stereocenters. The average molecular weight is 176 g/mol. The Hall–Kier alpha value is -0.160. The van der Waals surface area contributed by atoms with E-state index in [9.17, 15) is 10.2 Å². The standard InChI is InChI=1S/C8H16O4/c1-5-7(9)8(2,10)4-6(11-3)12-5/h5-7,9-10H,4H2,1-3H3/t5-,6?,7+,8-/m0/s1. The molecule has 12 heavy (non-hydrogen) atoms. The summed E-state index contributed by atoms with van der Waals surface area (Å²) in [5.74, 6) is 0. The maximum Gasteiger partial charge on any atom is 0.160 e. The highest BCUT2D eigenvalue weighted by molar-refractivity contribution is 4.90. The minimum atomic E-state index is -1.11. The monoisotopic (exact) mass is 176 g/mol. The lowest BCUT2D eigenvalue weighted by molar-refractivity contribution is -0.264. The largest absolute Gasteiger partial charge is 0.387 e. The third-order valence-electron chi connectivity index (χ3n) is 2.29. The zero-order valence-electron chi connectivity index (χ0n) is 7.65. The third-order valence-corrected chi connectivity index (χ3v) is 2.29. The number of ether oxygens (including phenoxy) is 2.